The Kier molecular flexibility index (Phi) is 2.58. The molecule has 2 N–H and O–H groups in total. The zero-order chi connectivity index (χ0) is 8.48. The Balaban J connectivity index is 2.60. The van der Waals surface area contributed by atoms with Crippen LogP contribution in [0, 0.1) is 17.3 Å². The minimum absolute atomic E-state index is 0.509. The minimum atomic E-state index is 0.509. The predicted octanol–water partition coefficient (Wildman–Crippen LogP) is 2.41. The molecular weight excluding hydrogens is 134 g/mol. The van der Waals surface area contributed by atoms with Crippen LogP contribution in [0.5, 0.6) is 0 Å². The standard InChI is InChI=1S/C10H21N/c1-4-8(2)10(7-11)6-5-9(10)3/h8-9H,4-7,11H2,1-3H3. The van der Waals surface area contributed by atoms with E-state index in [1.165, 1.54) is 19.3 Å². The molecule has 66 valence electrons. The second-order valence-electron chi connectivity index (χ2n) is 4.19. The van der Waals surface area contributed by atoms with Crippen molar-refractivity contribution in [2.45, 2.75) is 40.0 Å². The van der Waals surface area contributed by atoms with Crippen molar-refractivity contribution in [3.8, 4) is 0 Å². The molecule has 0 aromatic heterocycles. The van der Waals surface area contributed by atoms with Gasteiger partial charge in [-0.05, 0) is 36.6 Å². The van der Waals surface area contributed by atoms with Crippen LogP contribution in [0.4, 0.5) is 0 Å². The molecular formula is C10H21N. The second-order valence-corrected chi connectivity index (χ2v) is 4.19. The molecule has 0 aliphatic heterocycles. The Labute approximate surface area is 70.4 Å². The summed E-state index contributed by atoms with van der Waals surface area (Å²) in [5.74, 6) is 1.68. The first-order chi connectivity index (χ1) is 5.17. The maximum atomic E-state index is 5.84. The van der Waals surface area contributed by atoms with Gasteiger partial charge in [-0.3, -0.25) is 0 Å². The molecule has 0 heterocycles. The average molecular weight is 155 g/mol. The Morgan fingerprint density at radius 1 is 1.64 bits per heavy atom. The quantitative estimate of drug-likeness (QED) is 0.665. The topological polar surface area (TPSA) is 26.0 Å². The fourth-order valence-corrected chi connectivity index (χ4v) is 2.45. The number of rotatable bonds is 3. The average Bonchev–Trinajstić information content (AvgIpc) is 2.03. The third-order valence-electron chi connectivity index (χ3n) is 4.00. The molecule has 0 radical (unpaired) electrons. The van der Waals surface area contributed by atoms with E-state index in [0.717, 1.165) is 18.4 Å². The molecule has 11 heavy (non-hydrogen) atoms. The highest BCUT2D eigenvalue weighted by molar-refractivity contribution is 4.96. The smallest absolute Gasteiger partial charge is 0.00154 e. The fourth-order valence-electron chi connectivity index (χ4n) is 2.45. The van der Waals surface area contributed by atoms with E-state index in [-0.39, 0.29) is 0 Å². The monoisotopic (exact) mass is 155 g/mol. The van der Waals surface area contributed by atoms with E-state index in [0.29, 0.717) is 5.41 Å². The van der Waals surface area contributed by atoms with Gasteiger partial charge in [-0.15, -0.1) is 0 Å². The van der Waals surface area contributed by atoms with Gasteiger partial charge in [0.05, 0.1) is 0 Å². The van der Waals surface area contributed by atoms with Crippen molar-refractivity contribution in [3.63, 3.8) is 0 Å². The molecule has 0 amide bonds. The second kappa shape index (κ2) is 3.14. The van der Waals surface area contributed by atoms with Gasteiger partial charge in [-0.2, -0.15) is 0 Å². The van der Waals surface area contributed by atoms with Gasteiger partial charge in [0.2, 0.25) is 0 Å². The van der Waals surface area contributed by atoms with Crippen molar-refractivity contribution < 1.29 is 0 Å². The van der Waals surface area contributed by atoms with E-state index >= 15 is 0 Å². The summed E-state index contributed by atoms with van der Waals surface area (Å²) >= 11 is 0. The highest BCUT2D eigenvalue weighted by Crippen LogP contribution is 2.51. The van der Waals surface area contributed by atoms with Gasteiger partial charge in [0.25, 0.3) is 0 Å². The van der Waals surface area contributed by atoms with Gasteiger partial charge in [0.1, 0.15) is 0 Å². The van der Waals surface area contributed by atoms with E-state index in [2.05, 4.69) is 20.8 Å². The lowest BCUT2D eigenvalue weighted by Crippen LogP contribution is -2.49. The molecule has 1 nitrogen and oxygen atoms in total. The molecule has 0 aromatic rings. The van der Waals surface area contributed by atoms with Crippen molar-refractivity contribution in [1.82, 2.24) is 0 Å². The third-order valence-corrected chi connectivity index (χ3v) is 4.00. The number of hydrogen-bond donors (Lipinski definition) is 1. The summed E-state index contributed by atoms with van der Waals surface area (Å²) in [4.78, 5) is 0. The first kappa shape index (κ1) is 9.05. The summed E-state index contributed by atoms with van der Waals surface area (Å²) < 4.78 is 0. The van der Waals surface area contributed by atoms with Crippen LogP contribution in [-0.2, 0) is 0 Å². The lowest BCUT2D eigenvalue weighted by atomic mass is 9.54. The van der Waals surface area contributed by atoms with Crippen molar-refractivity contribution in [3.05, 3.63) is 0 Å². The highest BCUT2D eigenvalue weighted by atomic mass is 14.7. The van der Waals surface area contributed by atoms with Crippen LogP contribution in [-0.4, -0.2) is 6.54 Å². The minimum Gasteiger partial charge on any atom is -0.330 e. The van der Waals surface area contributed by atoms with Crippen LogP contribution in [0.15, 0.2) is 0 Å². The molecule has 0 spiro atoms. The Bertz CT molecular complexity index is 129. The van der Waals surface area contributed by atoms with Gasteiger partial charge >= 0.3 is 0 Å². The maximum absolute atomic E-state index is 5.84. The lowest BCUT2D eigenvalue weighted by Gasteiger charge is -2.51. The van der Waals surface area contributed by atoms with Crippen LogP contribution >= 0.6 is 0 Å². The molecule has 3 unspecified atom stereocenters. The normalized spacial score (nSPS) is 39.8. The Hall–Kier alpha value is -0.0400. The first-order valence-corrected chi connectivity index (χ1v) is 4.87. The SMILES string of the molecule is CCC(C)C1(CN)CCC1C. The third kappa shape index (κ3) is 1.20. The Morgan fingerprint density at radius 2 is 2.27 bits per heavy atom. The zero-order valence-electron chi connectivity index (χ0n) is 8.06. The molecule has 1 fully saturated rings. The van der Waals surface area contributed by atoms with E-state index in [1.807, 2.05) is 0 Å². The van der Waals surface area contributed by atoms with Gasteiger partial charge in [0, 0.05) is 0 Å². The van der Waals surface area contributed by atoms with Gasteiger partial charge < -0.3 is 5.73 Å². The first-order valence-electron chi connectivity index (χ1n) is 4.87. The van der Waals surface area contributed by atoms with Crippen LogP contribution < -0.4 is 5.73 Å². The predicted molar refractivity (Wildman–Crippen MR) is 49.3 cm³/mol. The van der Waals surface area contributed by atoms with Gasteiger partial charge in [-0.1, -0.05) is 27.2 Å². The molecule has 0 saturated heterocycles. The van der Waals surface area contributed by atoms with Crippen LogP contribution in [0.3, 0.4) is 0 Å². The van der Waals surface area contributed by atoms with Crippen molar-refractivity contribution in [1.29, 1.82) is 0 Å². The molecule has 0 aromatic carbocycles. The van der Waals surface area contributed by atoms with Crippen LogP contribution in [0.25, 0.3) is 0 Å². The highest BCUT2D eigenvalue weighted by Gasteiger charge is 2.45. The summed E-state index contributed by atoms with van der Waals surface area (Å²) in [6.45, 7) is 7.86. The van der Waals surface area contributed by atoms with Gasteiger partial charge in [0.15, 0.2) is 0 Å². The van der Waals surface area contributed by atoms with Crippen molar-refractivity contribution in [2.75, 3.05) is 6.54 Å². The largest absolute Gasteiger partial charge is 0.330 e. The number of hydrogen-bond acceptors (Lipinski definition) is 1. The van der Waals surface area contributed by atoms with E-state index < -0.39 is 0 Å². The molecule has 0 bridgehead atoms. The van der Waals surface area contributed by atoms with Crippen molar-refractivity contribution >= 4 is 0 Å². The van der Waals surface area contributed by atoms with Gasteiger partial charge in [-0.25, -0.2) is 0 Å². The van der Waals surface area contributed by atoms with E-state index in [9.17, 15) is 0 Å². The molecule has 1 aliphatic rings. The van der Waals surface area contributed by atoms with E-state index in [4.69, 9.17) is 5.73 Å². The lowest BCUT2D eigenvalue weighted by molar-refractivity contribution is -0.00667. The molecule has 3 atom stereocenters. The summed E-state index contributed by atoms with van der Waals surface area (Å²) in [5, 5.41) is 0. The van der Waals surface area contributed by atoms with Crippen LogP contribution in [0.2, 0.25) is 0 Å². The van der Waals surface area contributed by atoms with Crippen LogP contribution in [0.1, 0.15) is 40.0 Å². The summed E-state index contributed by atoms with van der Waals surface area (Å²) in [6.07, 6.45) is 4.03. The fraction of sp³-hybridized carbons (Fsp3) is 1.00. The molecule has 1 aliphatic carbocycles. The maximum Gasteiger partial charge on any atom is -0.00154 e. The zero-order valence-corrected chi connectivity index (χ0v) is 8.06. The summed E-state index contributed by atoms with van der Waals surface area (Å²) in [5.41, 5.74) is 6.34. The Morgan fingerprint density at radius 3 is 2.36 bits per heavy atom. The number of nitrogens with two attached hydrogens (primary N) is 1. The summed E-state index contributed by atoms with van der Waals surface area (Å²) in [7, 11) is 0. The molecule has 1 heteroatoms. The molecule has 1 saturated carbocycles. The van der Waals surface area contributed by atoms with Crippen molar-refractivity contribution in [2.24, 2.45) is 23.0 Å². The molecule has 1 rings (SSSR count). The van der Waals surface area contributed by atoms with E-state index in [1.54, 1.807) is 0 Å². The summed E-state index contributed by atoms with van der Waals surface area (Å²) in [6, 6.07) is 0.